The molecule has 5 heteroatoms. The Kier molecular flexibility index (Phi) is 9.21. The van der Waals surface area contributed by atoms with Gasteiger partial charge in [0.15, 0.2) is 5.96 Å². The Morgan fingerprint density at radius 2 is 2.12 bits per heavy atom. The fourth-order valence-electron chi connectivity index (χ4n) is 3.02. The standard InChI is InChI=1S/C19H34N4S/c1-3-20-19(22-12-8-18-7-6-16-24-18)21-11-4-5-13-23-14-9-17(2)10-15-23/h6-7,16-17H,3-5,8-15H2,1-2H3,(H2,20,21,22). The van der Waals surface area contributed by atoms with Crippen molar-refractivity contribution in [2.45, 2.75) is 46.0 Å². The zero-order chi connectivity index (χ0) is 17.0. The Labute approximate surface area is 151 Å². The highest BCUT2D eigenvalue weighted by Crippen LogP contribution is 2.16. The van der Waals surface area contributed by atoms with Crippen LogP contribution in [0.1, 0.15) is 44.4 Å². The summed E-state index contributed by atoms with van der Waals surface area (Å²) in [5, 5.41) is 8.92. The van der Waals surface area contributed by atoms with Crippen molar-refractivity contribution in [2.24, 2.45) is 10.9 Å². The predicted octanol–water partition coefficient (Wildman–Crippen LogP) is 3.36. The van der Waals surface area contributed by atoms with Gasteiger partial charge in [-0.2, -0.15) is 0 Å². The largest absolute Gasteiger partial charge is 0.357 e. The number of unbranched alkanes of at least 4 members (excludes halogenated alkanes) is 1. The molecule has 0 radical (unpaired) electrons. The Morgan fingerprint density at radius 3 is 2.83 bits per heavy atom. The van der Waals surface area contributed by atoms with Gasteiger partial charge in [-0.1, -0.05) is 13.0 Å². The minimum atomic E-state index is 0.913. The summed E-state index contributed by atoms with van der Waals surface area (Å²) in [5.74, 6) is 1.88. The second-order valence-corrected chi connectivity index (χ2v) is 7.78. The Hall–Kier alpha value is -1.07. The van der Waals surface area contributed by atoms with Crippen molar-refractivity contribution in [1.29, 1.82) is 0 Å². The molecule has 2 rings (SSSR count). The fraction of sp³-hybridized carbons (Fsp3) is 0.737. The van der Waals surface area contributed by atoms with Gasteiger partial charge in [-0.05, 0) is 76.0 Å². The van der Waals surface area contributed by atoms with Crippen LogP contribution in [-0.4, -0.2) is 50.1 Å². The number of hydrogen-bond donors (Lipinski definition) is 2. The number of likely N-dealkylation sites (tertiary alicyclic amines) is 1. The molecule has 0 unspecified atom stereocenters. The zero-order valence-electron chi connectivity index (χ0n) is 15.4. The average molecular weight is 351 g/mol. The molecule has 0 bridgehead atoms. The van der Waals surface area contributed by atoms with Crippen LogP contribution >= 0.6 is 11.3 Å². The summed E-state index contributed by atoms with van der Waals surface area (Å²) in [6, 6.07) is 4.31. The first-order valence-corrected chi connectivity index (χ1v) is 10.4. The molecule has 1 aromatic rings. The molecule has 1 aliphatic heterocycles. The van der Waals surface area contributed by atoms with Crippen LogP contribution in [0.25, 0.3) is 0 Å². The lowest BCUT2D eigenvalue weighted by Gasteiger charge is -2.30. The maximum absolute atomic E-state index is 4.71. The first-order chi connectivity index (χ1) is 11.8. The van der Waals surface area contributed by atoms with Gasteiger partial charge in [0.1, 0.15) is 0 Å². The second kappa shape index (κ2) is 11.5. The molecule has 1 aliphatic rings. The number of nitrogens with zero attached hydrogens (tertiary/aromatic N) is 2. The lowest BCUT2D eigenvalue weighted by Crippen LogP contribution is -2.38. The van der Waals surface area contributed by atoms with Crippen molar-refractivity contribution in [2.75, 3.05) is 39.3 Å². The van der Waals surface area contributed by atoms with E-state index in [1.807, 2.05) is 11.3 Å². The number of nitrogens with one attached hydrogen (secondary N) is 2. The van der Waals surface area contributed by atoms with Crippen LogP contribution in [0, 0.1) is 5.92 Å². The van der Waals surface area contributed by atoms with Crippen LogP contribution in [-0.2, 0) is 6.42 Å². The number of guanidine groups is 1. The van der Waals surface area contributed by atoms with Crippen LogP contribution in [0.15, 0.2) is 22.5 Å². The lowest BCUT2D eigenvalue weighted by atomic mass is 9.99. The third kappa shape index (κ3) is 7.67. The van der Waals surface area contributed by atoms with E-state index < -0.39 is 0 Å². The molecule has 0 aliphatic carbocycles. The second-order valence-electron chi connectivity index (χ2n) is 6.75. The summed E-state index contributed by atoms with van der Waals surface area (Å²) < 4.78 is 0. The molecular formula is C19H34N4S. The molecule has 2 N–H and O–H groups in total. The van der Waals surface area contributed by atoms with E-state index in [1.165, 1.54) is 50.2 Å². The topological polar surface area (TPSA) is 39.7 Å². The molecule has 4 nitrogen and oxygen atoms in total. The first-order valence-electron chi connectivity index (χ1n) is 9.55. The van der Waals surface area contributed by atoms with Gasteiger partial charge in [-0.25, -0.2) is 0 Å². The summed E-state index contributed by atoms with van der Waals surface area (Å²) in [4.78, 5) is 8.75. The van der Waals surface area contributed by atoms with Crippen molar-refractivity contribution in [3.05, 3.63) is 22.4 Å². The smallest absolute Gasteiger partial charge is 0.191 e. The van der Waals surface area contributed by atoms with E-state index in [0.29, 0.717) is 0 Å². The van der Waals surface area contributed by atoms with Gasteiger partial charge >= 0.3 is 0 Å². The molecule has 1 aromatic heterocycles. The van der Waals surface area contributed by atoms with Crippen molar-refractivity contribution in [3.8, 4) is 0 Å². The van der Waals surface area contributed by atoms with Crippen molar-refractivity contribution in [3.63, 3.8) is 0 Å². The molecule has 1 saturated heterocycles. The molecule has 1 fully saturated rings. The normalized spacial score (nSPS) is 17.2. The predicted molar refractivity (Wildman–Crippen MR) is 106 cm³/mol. The number of aliphatic imine (C=N–C) groups is 1. The molecule has 136 valence electrons. The van der Waals surface area contributed by atoms with Gasteiger partial charge in [-0.15, -0.1) is 11.3 Å². The van der Waals surface area contributed by atoms with Crippen molar-refractivity contribution in [1.82, 2.24) is 15.5 Å². The van der Waals surface area contributed by atoms with E-state index in [0.717, 1.165) is 37.9 Å². The Balaban J connectivity index is 1.58. The van der Waals surface area contributed by atoms with E-state index in [2.05, 4.69) is 46.9 Å². The van der Waals surface area contributed by atoms with Gasteiger partial charge in [-0.3, -0.25) is 4.99 Å². The van der Waals surface area contributed by atoms with E-state index in [1.54, 1.807) is 0 Å². The maximum atomic E-state index is 4.71. The van der Waals surface area contributed by atoms with E-state index >= 15 is 0 Å². The highest BCUT2D eigenvalue weighted by Gasteiger charge is 2.14. The van der Waals surface area contributed by atoms with Crippen LogP contribution < -0.4 is 10.6 Å². The third-order valence-corrected chi connectivity index (χ3v) is 5.55. The molecule has 2 heterocycles. The van der Waals surface area contributed by atoms with Gasteiger partial charge in [0.2, 0.25) is 0 Å². The molecular weight excluding hydrogens is 316 g/mol. The van der Waals surface area contributed by atoms with Gasteiger partial charge < -0.3 is 15.5 Å². The molecule has 0 amide bonds. The highest BCUT2D eigenvalue weighted by atomic mass is 32.1. The van der Waals surface area contributed by atoms with Crippen molar-refractivity contribution < 1.29 is 0 Å². The summed E-state index contributed by atoms with van der Waals surface area (Å²) in [6.07, 6.45) is 6.24. The van der Waals surface area contributed by atoms with Crippen LogP contribution in [0.5, 0.6) is 0 Å². The highest BCUT2D eigenvalue weighted by molar-refractivity contribution is 7.09. The molecule has 0 spiro atoms. The average Bonchev–Trinajstić information content (AvgIpc) is 3.09. The Morgan fingerprint density at radius 1 is 1.29 bits per heavy atom. The monoisotopic (exact) mass is 350 g/mol. The summed E-state index contributed by atoms with van der Waals surface area (Å²) in [6.45, 7) is 11.1. The quantitative estimate of drug-likeness (QED) is 0.407. The lowest BCUT2D eigenvalue weighted by molar-refractivity contribution is 0.190. The van der Waals surface area contributed by atoms with Crippen LogP contribution in [0.2, 0.25) is 0 Å². The van der Waals surface area contributed by atoms with Crippen LogP contribution in [0.4, 0.5) is 0 Å². The minimum absolute atomic E-state index is 0.913. The van der Waals surface area contributed by atoms with E-state index in [-0.39, 0.29) is 0 Å². The number of piperidine rings is 1. The molecule has 0 atom stereocenters. The van der Waals surface area contributed by atoms with E-state index in [4.69, 9.17) is 4.99 Å². The third-order valence-electron chi connectivity index (χ3n) is 4.62. The Bertz CT molecular complexity index is 450. The number of rotatable bonds is 9. The van der Waals surface area contributed by atoms with Crippen molar-refractivity contribution >= 4 is 17.3 Å². The molecule has 0 aromatic carbocycles. The fourth-order valence-corrected chi connectivity index (χ4v) is 3.73. The number of thiophene rings is 1. The summed E-state index contributed by atoms with van der Waals surface area (Å²) >= 11 is 1.82. The first kappa shape index (κ1) is 19.3. The maximum Gasteiger partial charge on any atom is 0.191 e. The number of hydrogen-bond acceptors (Lipinski definition) is 3. The summed E-state index contributed by atoms with van der Waals surface area (Å²) in [5.41, 5.74) is 0. The zero-order valence-corrected chi connectivity index (χ0v) is 16.2. The molecule has 0 saturated carbocycles. The van der Waals surface area contributed by atoms with Gasteiger partial charge in [0.05, 0.1) is 0 Å². The summed E-state index contributed by atoms with van der Waals surface area (Å²) in [7, 11) is 0. The van der Waals surface area contributed by atoms with E-state index in [9.17, 15) is 0 Å². The minimum Gasteiger partial charge on any atom is -0.357 e. The van der Waals surface area contributed by atoms with Crippen LogP contribution in [0.3, 0.4) is 0 Å². The van der Waals surface area contributed by atoms with Gasteiger partial charge in [0.25, 0.3) is 0 Å². The molecule has 24 heavy (non-hydrogen) atoms. The van der Waals surface area contributed by atoms with Gasteiger partial charge in [0, 0.05) is 24.5 Å². The SMILES string of the molecule is CCNC(=NCCCCN1CCC(C)CC1)NCCc1cccs1.